The van der Waals surface area contributed by atoms with Crippen LogP contribution in [0, 0.1) is 12.8 Å². The lowest BCUT2D eigenvalue weighted by molar-refractivity contribution is 0.0979. The van der Waals surface area contributed by atoms with Crippen LogP contribution in [0.1, 0.15) is 142 Å². The number of ketones is 1. The molecule has 0 radical (unpaired) electrons. The minimum Gasteiger partial charge on any atom is -0.294 e. The van der Waals surface area contributed by atoms with Crippen molar-refractivity contribution in [2.45, 2.75) is 129 Å². The van der Waals surface area contributed by atoms with Crippen LogP contribution >= 0.6 is 0 Å². The lowest BCUT2D eigenvalue weighted by atomic mass is 9.76. The first-order chi connectivity index (χ1) is 17.1. The van der Waals surface area contributed by atoms with Crippen LogP contribution in [0.2, 0.25) is 0 Å². The van der Waals surface area contributed by atoms with Gasteiger partial charge in [0.25, 0.3) is 0 Å². The fraction of sp³-hybridized carbons (Fsp3) is 0.618. The maximum absolute atomic E-state index is 12.5. The van der Waals surface area contributed by atoms with E-state index in [2.05, 4.69) is 51.1 Å². The molecule has 1 fully saturated rings. The monoisotopic (exact) mass is 474 g/mol. The Kier molecular flexibility index (Phi) is 12.1. The van der Waals surface area contributed by atoms with Crippen molar-refractivity contribution in [2.24, 2.45) is 5.92 Å². The molecule has 0 bridgehead atoms. The number of Topliss-reactive ketones (excluding diaryl/α,β-unsaturated/α-hetero) is 1. The fourth-order valence-corrected chi connectivity index (χ4v) is 5.89. The van der Waals surface area contributed by atoms with Gasteiger partial charge in [-0.1, -0.05) is 108 Å². The first-order valence-corrected chi connectivity index (χ1v) is 14.8. The van der Waals surface area contributed by atoms with Crippen LogP contribution in [0.4, 0.5) is 0 Å². The Morgan fingerprint density at radius 1 is 0.771 bits per heavy atom. The highest BCUT2D eigenvalue weighted by molar-refractivity contribution is 5.96. The summed E-state index contributed by atoms with van der Waals surface area (Å²) in [6.07, 6.45) is 20.0. The average molecular weight is 475 g/mol. The third-order valence-electron chi connectivity index (χ3n) is 8.37. The molecule has 35 heavy (non-hydrogen) atoms. The molecule has 1 heteroatoms. The smallest absolute Gasteiger partial charge is 0.162 e. The highest BCUT2D eigenvalue weighted by Crippen LogP contribution is 2.38. The molecular formula is C34H50O. The second-order valence-corrected chi connectivity index (χ2v) is 11.2. The number of hydrogen-bond acceptors (Lipinski definition) is 1. The zero-order valence-electron chi connectivity index (χ0n) is 22.9. The molecule has 2 aromatic carbocycles. The predicted octanol–water partition coefficient (Wildman–Crippen LogP) is 10.2. The van der Waals surface area contributed by atoms with Crippen LogP contribution in [0.3, 0.4) is 0 Å². The third-order valence-corrected chi connectivity index (χ3v) is 8.37. The summed E-state index contributed by atoms with van der Waals surface area (Å²) in [4.78, 5) is 12.5. The molecular weight excluding hydrogens is 424 g/mol. The highest BCUT2D eigenvalue weighted by Gasteiger charge is 2.22. The van der Waals surface area contributed by atoms with Crippen LogP contribution in [-0.2, 0) is 12.8 Å². The summed E-state index contributed by atoms with van der Waals surface area (Å²) in [6.45, 7) is 6.82. The molecule has 0 N–H and O–H groups in total. The third kappa shape index (κ3) is 9.25. The minimum atomic E-state index is 0.300. The van der Waals surface area contributed by atoms with Gasteiger partial charge in [0.2, 0.25) is 0 Å². The fourth-order valence-electron chi connectivity index (χ4n) is 5.89. The van der Waals surface area contributed by atoms with Crippen LogP contribution in [-0.4, -0.2) is 5.78 Å². The molecule has 0 spiro atoms. The van der Waals surface area contributed by atoms with Gasteiger partial charge in [-0.2, -0.15) is 0 Å². The van der Waals surface area contributed by atoms with E-state index in [0.29, 0.717) is 12.2 Å². The SMILES string of the molecule is CCCCCCCC(=O)c1ccc(CCc2ccc(C3CCC(CCCCC)CC3)cc2C)cc1. The minimum absolute atomic E-state index is 0.300. The molecule has 0 amide bonds. The summed E-state index contributed by atoms with van der Waals surface area (Å²) in [6, 6.07) is 15.7. The maximum Gasteiger partial charge on any atom is 0.162 e. The number of carbonyl (C=O) groups excluding carboxylic acids is 1. The van der Waals surface area contributed by atoms with Crippen LogP contribution in [0.25, 0.3) is 0 Å². The molecule has 1 aliphatic carbocycles. The second kappa shape index (κ2) is 15.3. The lowest BCUT2D eigenvalue weighted by Gasteiger charge is -2.29. The highest BCUT2D eigenvalue weighted by atomic mass is 16.1. The quantitative estimate of drug-likeness (QED) is 0.185. The maximum atomic E-state index is 12.5. The van der Waals surface area contributed by atoms with E-state index in [4.69, 9.17) is 0 Å². The molecule has 0 heterocycles. The molecule has 0 aliphatic heterocycles. The van der Waals surface area contributed by atoms with E-state index < -0.39 is 0 Å². The van der Waals surface area contributed by atoms with Gasteiger partial charge in [0.15, 0.2) is 5.78 Å². The van der Waals surface area contributed by atoms with Gasteiger partial charge >= 0.3 is 0 Å². The molecule has 0 saturated heterocycles. The van der Waals surface area contributed by atoms with E-state index in [1.165, 1.54) is 93.7 Å². The Morgan fingerprint density at radius 3 is 2.14 bits per heavy atom. The Labute approximate surface area is 216 Å². The Bertz CT molecular complexity index is 870. The van der Waals surface area contributed by atoms with Crippen molar-refractivity contribution in [1.82, 2.24) is 0 Å². The van der Waals surface area contributed by atoms with Crippen molar-refractivity contribution in [2.75, 3.05) is 0 Å². The van der Waals surface area contributed by atoms with E-state index >= 15 is 0 Å². The molecule has 0 aromatic heterocycles. The average Bonchev–Trinajstić information content (AvgIpc) is 2.88. The summed E-state index contributed by atoms with van der Waals surface area (Å²) < 4.78 is 0. The lowest BCUT2D eigenvalue weighted by Crippen LogP contribution is -2.13. The first kappa shape index (κ1) is 27.7. The van der Waals surface area contributed by atoms with E-state index in [9.17, 15) is 4.79 Å². The topological polar surface area (TPSA) is 17.1 Å². The van der Waals surface area contributed by atoms with E-state index in [-0.39, 0.29) is 0 Å². The van der Waals surface area contributed by atoms with Gasteiger partial charge < -0.3 is 0 Å². The molecule has 192 valence electrons. The number of aryl methyl sites for hydroxylation is 3. The zero-order valence-corrected chi connectivity index (χ0v) is 22.9. The molecule has 3 rings (SSSR count). The van der Waals surface area contributed by atoms with Gasteiger partial charge in [0, 0.05) is 12.0 Å². The van der Waals surface area contributed by atoms with Gasteiger partial charge in [0.05, 0.1) is 0 Å². The second-order valence-electron chi connectivity index (χ2n) is 11.2. The Hall–Kier alpha value is -1.89. The van der Waals surface area contributed by atoms with Crippen molar-refractivity contribution in [1.29, 1.82) is 0 Å². The summed E-state index contributed by atoms with van der Waals surface area (Å²) in [7, 11) is 0. The molecule has 1 saturated carbocycles. The van der Waals surface area contributed by atoms with Gasteiger partial charge in [-0.25, -0.2) is 0 Å². The molecule has 0 atom stereocenters. The van der Waals surface area contributed by atoms with Crippen molar-refractivity contribution in [3.8, 4) is 0 Å². The number of rotatable bonds is 15. The summed E-state index contributed by atoms with van der Waals surface area (Å²) in [5, 5.41) is 0. The standard InChI is InChI=1S/C34H50O/c1-4-6-8-9-11-13-34(35)32-22-17-29(18-23-32)14-19-30-24-25-33(26-27(30)3)31-20-15-28(16-21-31)12-10-7-5-2/h17-18,22-26,28,31H,4-16,19-21H2,1-3H3. The predicted molar refractivity (Wildman–Crippen MR) is 152 cm³/mol. The van der Waals surface area contributed by atoms with Crippen molar-refractivity contribution >= 4 is 5.78 Å². The van der Waals surface area contributed by atoms with Gasteiger partial charge in [-0.15, -0.1) is 0 Å². The molecule has 1 nitrogen and oxygen atoms in total. The van der Waals surface area contributed by atoms with E-state index in [0.717, 1.165) is 36.7 Å². The largest absolute Gasteiger partial charge is 0.294 e. The summed E-state index contributed by atoms with van der Waals surface area (Å²) in [5.41, 5.74) is 6.69. The van der Waals surface area contributed by atoms with Crippen LogP contribution in [0.15, 0.2) is 42.5 Å². The Morgan fingerprint density at radius 2 is 1.46 bits per heavy atom. The van der Waals surface area contributed by atoms with E-state index in [1.54, 1.807) is 5.56 Å². The van der Waals surface area contributed by atoms with Crippen LogP contribution in [0.5, 0.6) is 0 Å². The van der Waals surface area contributed by atoms with Gasteiger partial charge in [-0.3, -0.25) is 4.79 Å². The molecule has 1 aliphatic rings. The number of carbonyl (C=O) groups is 1. The van der Waals surface area contributed by atoms with Crippen molar-refractivity contribution < 1.29 is 4.79 Å². The van der Waals surface area contributed by atoms with Gasteiger partial charge in [0.1, 0.15) is 0 Å². The number of hydrogen-bond donors (Lipinski definition) is 0. The van der Waals surface area contributed by atoms with E-state index in [1.807, 2.05) is 12.1 Å². The molecule has 0 unspecified atom stereocenters. The number of unbranched alkanes of at least 4 members (excludes halogenated alkanes) is 6. The first-order valence-electron chi connectivity index (χ1n) is 14.8. The van der Waals surface area contributed by atoms with Gasteiger partial charge in [-0.05, 0) is 86.0 Å². The zero-order chi connectivity index (χ0) is 24.9. The summed E-state index contributed by atoms with van der Waals surface area (Å²) in [5.74, 6) is 2.04. The Balaban J connectivity index is 1.43. The van der Waals surface area contributed by atoms with Crippen molar-refractivity contribution in [3.05, 3.63) is 70.3 Å². The molecule has 2 aromatic rings. The van der Waals surface area contributed by atoms with Crippen LogP contribution < -0.4 is 0 Å². The van der Waals surface area contributed by atoms with Crippen molar-refractivity contribution in [3.63, 3.8) is 0 Å². The normalized spacial score (nSPS) is 18.0. The summed E-state index contributed by atoms with van der Waals surface area (Å²) >= 11 is 0. The number of benzene rings is 2.